The van der Waals surface area contributed by atoms with Gasteiger partial charge >= 0.3 is 0 Å². The van der Waals surface area contributed by atoms with E-state index in [1.54, 1.807) is 0 Å². The van der Waals surface area contributed by atoms with Crippen LogP contribution in [0.2, 0.25) is 0 Å². The van der Waals surface area contributed by atoms with E-state index in [4.69, 9.17) is 4.98 Å². The Balaban J connectivity index is 1.46. The van der Waals surface area contributed by atoms with Crippen LogP contribution in [0.3, 0.4) is 0 Å². The molecule has 1 heterocycles. The SMILES string of the molecule is O=C(NCCn1c(CCc2ccccc2)nc2ccccc21)c1ccc(Br)cc1. The van der Waals surface area contributed by atoms with Crippen molar-refractivity contribution in [2.45, 2.75) is 19.4 Å². The predicted molar refractivity (Wildman–Crippen MR) is 120 cm³/mol. The summed E-state index contributed by atoms with van der Waals surface area (Å²) in [4.78, 5) is 17.2. The summed E-state index contributed by atoms with van der Waals surface area (Å²) in [5.41, 5.74) is 4.06. The summed E-state index contributed by atoms with van der Waals surface area (Å²) in [7, 11) is 0. The number of benzene rings is 3. The second-order valence-corrected chi connectivity index (χ2v) is 7.83. The minimum absolute atomic E-state index is 0.0623. The van der Waals surface area contributed by atoms with E-state index < -0.39 is 0 Å². The summed E-state index contributed by atoms with van der Waals surface area (Å²) in [6.07, 6.45) is 1.80. The van der Waals surface area contributed by atoms with Gasteiger partial charge in [-0.05, 0) is 48.4 Å². The maximum absolute atomic E-state index is 12.4. The van der Waals surface area contributed by atoms with Gasteiger partial charge in [-0.2, -0.15) is 0 Å². The van der Waals surface area contributed by atoms with Crippen molar-refractivity contribution in [3.8, 4) is 0 Å². The van der Waals surface area contributed by atoms with Gasteiger partial charge in [-0.3, -0.25) is 4.79 Å². The largest absolute Gasteiger partial charge is 0.350 e. The van der Waals surface area contributed by atoms with Crippen LogP contribution < -0.4 is 5.32 Å². The van der Waals surface area contributed by atoms with Crippen LogP contribution in [0.4, 0.5) is 0 Å². The van der Waals surface area contributed by atoms with Gasteiger partial charge in [-0.25, -0.2) is 4.98 Å². The van der Waals surface area contributed by atoms with E-state index in [0.29, 0.717) is 18.7 Å². The highest BCUT2D eigenvalue weighted by Crippen LogP contribution is 2.17. The molecule has 0 unspecified atom stereocenters. The third-order valence-electron chi connectivity index (χ3n) is 4.94. The van der Waals surface area contributed by atoms with Gasteiger partial charge in [0.05, 0.1) is 11.0 Å². The number of carbonyl (C=O) groups is 1. The molecule has 0 spiro atoms. The zero-order valence-electron chi connectivity index (χ0n) is 16.0. The molecule has 0 aliphatic carbocycles. The molecule has 0 aliphatic rings. The molecule has 0 saturated carbocycles. The predicted octanol–water partition coefficient (Wildman–Crippen LogP) is 5.01. The van der Waals surface area contributed by atoms with Gasteiger partial charge in [0.1, 0.15) is 5.82 Å². The summed E-state index contributed by atoms with van der Waals surface area (Å²) < 4.78 is 3.18. The Hall–Kier alpha value is -2.92. The van der Waals surface area contributed by atoms with Gasteiger partial charge in [0.2, 0.25) is 0 Å². The smallest absolute Gasteiger partial charge is 0.251 e. The van der Waals surface area contributed by atoms with Crippen LogP contribution in [0.15, 0.2) is 83.3 Å². The number of rotatable bonds is 7. The molecule has 4 rings (SSSR count). The van der Waals surface area contributed by atoms with Gasteiger partial charge in [-0.15, -0.1) is 0 Å². The summed E-state index contributed by atoms with van der Waals surface area (Å²) in [6, 6.07) is 26.0. The highest BCUT2D eigenvalue weighted by atomic mass is 79.9. The molecule has 0 radical (unpaired) electrons. The summed E-state index contributed by atoms with van der Waals surface area (Å²) in [5, 5.41) is 3.02. The minimum Gasteiger partial charge on any atom is -0.350 e. The number of imidazole rings is 1. The third kappa shape index (κ3) is 4.74. The van der Waals surface area contributed by atoms with Crippen LogP contribution in [0.5, 0.6) is 0 Å². The van der Waals surface area contributed by atoms with Crippen molar-refractivity contribution in [3.05, 3.63) is 100 Å². The number of halogens is 1. The van der Waals surface area contributed by atoms with E-state index in [0.717, 1.165) is 34.2 Å². The van der Waals surface area contributed by atoms with Gasteiger partial charge in [0.15, 0.2) is 0 Å². The summed E-state index contributed by atoms with van der Waals surface area (Å²) in [5.74, 6) is 0.987. The first kappa shape index (κ1) is 19.4. The third-order valence-corrected chi connectivity index (χ3v) is 5.47. The quantitative estimate of drug-likeness (QED) is 0.432. The molecule has 0 saturated heterocycles. The normalized spacial score (nSPS) is 10.9. The first-order valence-corrected chi connectivity index (χ1v) is 10.5. The van der Waals surface area contributed by atoms with Gasteiger partial charge < -0.3 is 9.88 Å². The molecule has 0 atom stereocenters. The average Bonchev–Trinajstić information content (AvgIpc) is 3.11. The van der Waals surface area contributed by atoms with Gasteiger partial charge in [0.25, 0.3) is 5.91 Å². The molecule has 4 nitrogen and oxygen atoms in total. The van der Waals surface area contributed by atoms with Crippen LogP contribution >= 0.6 is 15.9 Å². The van der Waals surface area contributed by atoms with Crippen molar-refractivity contribution in [1.82, 2.24) is 14.9 Å². The van der Waals surface area contributed by atoms with Crippen molar-refractivity contribution < 1.29 is 4.79 Å². The highest BCUT2D eigenvalue weighted by molar-refractivity contribution is 9.10. The Morgan fingerprint density at radius 3 is 2.41 bits per heavy atom. The highest BCUT2D eigenvalue weighted by Gasteiger charge is 2.11. The molecule has 5 heteroatoms. The molecule has 1 aromatic heterocycles. The summed E-state index contributed by atoms with van der Waals surface area (Å²) in [6.45, 7) is 1.24. The Morgan fingerprint density at radius 1 is 0.897 bits per heavy atom. The van der Waals surface area contributed by atoms with Crippen LogP contribution in [-0.2, 0) is 19.4 Å². The second-order valence-electron chi connectivity index (χ2n) is 6.92. The molecule has 0 bridgehead atoms. The molecular formula is C24H22BrN3O. The van der Waals surface area contributed by atoms with E-state index in [9.17, 15) is 4.79 Å². The first-order valence-electron chi connectivity index (χ1n) is 9.72. The lowest BCUT2D eigenvalue weighted by Gasteiger charge is -2.11. The molecule has 0 aliphatic heterocycles. The number of nitrogens with one attached hydrogen (secondary N) is 1. The number of fused-ring (bicyclic) bond motifs is 1. The average molecular weight is 448 g/mol. The fourth-order valence-corrected chi connectivity index (χ4v) is 3.72. The van der Waals surface area contributed by atoms with Gasteiger partial charge in [0, 0.05) is 29.5 Å². The maximum Gasteiger partial charge on any atom is 0.251 e. The Bertz CT molecular complexity index is 1100. The number of nitrogens with zero attached hydrogens (tertiary/aromatic N) is 2. The van der Waals surface area contributed by atoms with E-state index in [2.05, 4.69) is 56.1 Å². The lowest BCUT2D eigenvalue weighted by atomic mass is 10.1. The molecule has 4 aromatic rings. The van der Waals surface area contributed by atoms with Gasteiger partial charge in [-0.1, -0.05) is 58.4 Å². The van der Waals surface area contributed by atoms with Crippen LogP contribution in [-0.4, -0.2) is 22.0 Å². The van der Waals surface area contributed by atoms with E-state index in [-0.39, 0.29) is 5.91 Å². The van der Waals surface area contributed by atoms with Crippen LogP contribution in [0.25, 0.3) is 11.0 Å². The zero-order valence-corrected chi connectivity index (χ0v) is 17.6. The molecule has 29 heavy (non-hydrogen) atoms. The maximum atomic E-state index is 12.4. The molecule has 146 valence electrons. The number of hydrogen-bond acceptors (Lipinski definition) is 2. The monoisotopic (exact) mass is 447 g/mol. The topological polar surface area (TPSA) is 46.9 Å². The van der Waals surface area contributed by atoms with Crippen molar-refractivity contribution in [1.29, 1.82) is 0 Å². The first-order chi connectivity index (χ1) is 14.2. The van der Waals surface area contributed by atoms with Crippen molar-refractivity contribution in [3.63, 3.8) is 0 Å². The number of hydrogen-bond donors (Lipinski definition) is 1. The molecule has 1 N–H and O–H groups in total. The molecule has 1 amide bonds. The van der Waals surface area contributed by atoms with Crippen molar-refractivity contribution in [2.75, 3.05) is 6.54 Å². The number of para-hydroxylation sites is 2. The Morgan fingerprint density at radius 2 is 1.62 bits per heavy atom. The molecule has 0 fully saturated rings. The van der Waals surface area contributed by atoms with Crippen molar-refractivity contribution in [2.24, 2.45) is 0 Å². The molecule has 3 aromatic carbocycles. The lowest BCUT2D eigenvalue weighted by Crippen LogP contribution is -2.27. The number of amides is 1. The Kier molecular flexibility index (Phi) is 6.06. The minimum atomic E-state index is -0.0623. The second kappa shape index (κ2) is 9.05. The standard InChI is InChI=1S/C24H22BrN3O/c25-20-13-11-19(12-14-20)24(29)26-16-17-28-22-9-5-4-8-21(22)27-23(28)15-10-18-6-2-1-3-7-18/h1-9,11-14H,10,15-17H2,(H,26,29). The zero-order chi connectivity index (χ0) is 20.1. The van der Waals surface area contributed by atoms with E-state index in [1.807, 2.05) is 48.5 Å². The van der Waals surface area contributed by atoms with E-state index in [1.165, 1.54) is 5.56 Å². The summed E-state index contributed by atoms with van der Waals surface area (Å²) >= 11 is 3.39. The molecular weight excluding hydrogens is 426 g/mol. The number of aryl methyl sites for hydroxylation is 2. The Labute approximate surface area is 178 Å². The lowest BCUT2D eigenvalue weighted by molar-refractivity contribution is 0.0952. The fraction of sp³-hybridized carbons (Fsp3) is 0.167. The fourth-order valence-electron chi connectivity index (χ4n) is 3.45. The van der Waals surface area contributed by atoms with Crippen molar-refractivity contribution >= 4 is 32.9 Å². The van der Waals surface area contributed by atoms with Crippen LogP contribution in [0.1, 0.15) is 21.7 Å². The number of carbonyl (C=O) groups excluding carboxylic acids is 1. The number of aromatic nitrogens is 2. The van der Waals surface area contributed by atoms with E-state index >= 15 is 0 Å². The van der Waals surface area contributed by atoms with Crippen LogP contribution in [0, 0.1) is 0 Å².